The lowest BCUT2D eigenvalue weighted by atomic mass is 10.1. The van der Waals surface area contributed by atoms with Crippen LogP contribution >= 0.6 is 0 Å². The van der Waals surface area contributed by atoms with Gasteiger partial charge in [-0.15, -0.1) is 0 Å². The molecule has 1 saturated carbocycles. The van der Waals surface area contributed by atoms with Gasteiger partial charge in [-0.25, -0.2) is 0 Å². The molecular formula is C15H20N2O3. The molecular weight excluding hydrogens is 256 g/mol. The SMILES string of the molecule is CC(=O)c1cc(N(CC(C)C)C2CC2)ccc1[N+](=O)[O-]. The number of rotatable bonds is 6. The molecule has 0 heterocycles. The zero-order valence-corrected chi connectivity index (χ0v) is 12.1. The van der Waals surface area contributed by atoms with Crippen LogP contribution in [0.5, 0.6) is 0 Å². The standard InChI is InChI=1S/C15H20N2O3/c1-10(2)9-16(12-4-5-12)13-6-7-15(17(19)20)14(8-13)11(3)18/h6-8,10,12H,4-5,9H2,1-3H3. The minimum atomic E-state index is -0.496. The predicted molar refractivity (Wildman–Crippen MR) is 78.3 cm³/mol. The van der Waals surface area contributed by atoms with Crippen molar-refractivity contribution in [2.45, 2.75) is 39.7 Å². The van der Waals surface area contributed by atoms with Gasteiger partial charge in [-0.05, 0) is 37.8 Å². The van der Waals surface area contributed by atoms with Gasteiger partial charge in [0.15, 0.2) is 5.78 Å². The second-order valence-electron chi connectivity index (χ2n) is 5.79. The first-order chi connectivity index (χ1) is 9.40. The van der Waals surface area contributed by atoms with E-state index in [9.17, 15) is 14.9 Å². The zero-order chi connectivity index (χ0) is 14.9. The topological polar surface area (TPSA) is 63.5 Å². The summed E-state index contributed by atoms with van der Waals surface area (Å²) in [6.07, 6.45) is 2.30. The Morgan fingerprint density at radius 2 is 2.10 bits per heavy atom. The number of anilines is 1. The lowest BCUT2D eigenvalue weighted by molar-refractivity contribution is -0.385. The fourth-order valence-electron chi connectivity index (χ4n) is 2.39. The summed E-state index contributed by atoms with van der Waals surface area (Å²) in [6.45, 7) is 6.56. The van der Waals surface area contributed by atoms with E-state index >= 15 is 0 Å². The molecule has 5 heteroatoms. The Morgan fingerprint density at radius 3 is 2.55 bits per heavy atom. The molecule has 108 valence electrons. The van der Waals surface area contributed by atoms with Crippen LogP contribution in [0.2, 0.25) is 0 Å². The van der Waals surface area contributed by atoms with Gasteiger partial charge in [0.2, 0.25) is 0 Å². The van der Waals surface area contributed by atoms with Gasteiger partial charge in [0.25, 0.3) is 5.69 Å². The highest BCUT2D eigenvalue weighted by molar-refractivity contribution is 5.99. The van der Waals surface area contributed by atoms with Crippen molar-refractivity contribution in [3.8, 4) is 0 Å². The number of benzene rings is 1. The average molecular weight is 276 g/mol. The molecule has 0 atom stereocenters. The Kier molecular flexibility index (Phi) is 4.06. The molecule has 0 spiro atoms. The maximum Gasteiger partial charge on any atom is 0.280 e. The highest BCUT2D eigenvalue weighted by Gasteiger charge is 2.30. The van der Waals surface area contributed by atoms with E-state index in [1.54, 1.807) is 12.1 Å². The molecule has 1 fully saturated rings. The highest BCUT2D eigenvalue weighted by atomic mass is 16.6. The molecule has 5 nitrogen and oxygen atoms in total. The molecule has 0 N–H and O–H groups in total. The molecule has 1 aromatic carbocycles. The number of hydrogen-bond acceptors (Lipinski definition) is 4. The van der Waals surface area contributed by atoms with Crippen molar-refractivity contribution in [1.29, 1.82) is 0 Å². The number of Topliss-reactive ketones (excluding diaryl/α,β-unsaturated/α-hetero) is 1. The second-order valence-corrected chi connectivity index (χ2v) is 5.79. The summed E-state index contributed by atoms with van der Waals surface area (Å²) < 4.78 is 0. The van der Waals surface area contributed by atoms with Crippen LogP contribution in [-0.2, 0) is 0 Å². The Bertz CT molecular complexity index is 536. The summed E-state index contributed by atoms with van der Waals surface area (Å²) in [5.41, 5.74) is 1.00. The molecule has 0 unspecified atom stereocenters. The minimum absolute atomic E-state index is 0.110. The Balaban J connectivity index is 2.38. The quantitative estimate of drug-likeness (QED) is 0.453. The van der Waals surface area contributed by atoms with Gasteiger partial charge in [-0.3, -0.25) is 14.9 Å². The molecule has 0 bridgehead atoms. The molecule has 0 aliphatic heterocycles. The van der Waals surface area contributed by atoms with Gasteiger partial charge < -0.3 is 4.90 Å². The van der Waals surface area contributed by atoms with Crippen LogP contribution in [0.1, 0.15) is 44.0 Å². The molecule has 1 aliphatic carbocycles. The molecule has 1 aliphatic rings. The van der Waals surface area contributed by atoms with Crippen LogP contribution < -0.4 is 4.90 Å². The number of carbonyl (C=O) groups is 1. The van der Waals surface area contributed by atoms with Crippen molar-refractivity contribution in [2.24, 2.45) is 5.92 Å². The van der Waals surface area contributed by atoms with E-state index in [-0.39, 0.29) is 17.0 Å². The van der Waals surface area contributed by atoms with Crippen molar-refractivity contribution < 1.29 is 9.72 Å². The van der Waals surface area contributed by atoms with Crippen LogP contribution in [0.25, 0.3) is 0 Å². The molecule has 20 heavy (non-hydrogen) atoms. The van der Waals surface area contributed by atoms with E-state index in [2.05, 4.69) is 18.7 Å². The Hall–Kier alpha value is -1.91. The molecule has 0 saturated heterocycles. The largest absolute Gasteiger partial charge is 0.368 e. The summed E-state index contributed by atoms with van der Waals surface area (Å²) in [5.74, 6) is 0.241. The van der Waals surface area contributed by atoms with E-state index in [4.69, 9.17) is 0 Å². The van der Waals surface area contributed by atoms with Gasteiger partial charge in [0.05, 0.1) is 10.5 Å². The molecule has 0 amide bonds. The summed E-state index contributed by atoms with van der Waals surface area (Å²) in [6, 6.07) is 5.38. The van der Waals surface area contributed by atoms with E-state index in [1.165, 1.54) is 13.0 Å². The summed E-state index contributed by atoms with van der Waals surface area (Å²) in [7, 11) is 0. The first kappa shape index (κ1) is 14.5. The van der Waals surface area contributed by atoms with Crippen molar-refractivity contribution in [2.75, 3.05) is 11.4 Å². The van der Waals surface area contributed by atoms with E-state index in [0.717, 1.165) is 25.1 Å². The normalized spacial score (nSPS) is 14.4. The third-order valence-electron chi connectivity index (χ3n) is 3.44. The fraction of sp³-hybridized carbons (Fsp3) is 0.533. The highest BCUT2D eigenvalue weighted by Crippen LogP contribution is 2.34. The number of nitro groups is 1. The Morgan fingerprint density at radius 1 is 1.45 bits per heavy atom. The zero-order valence-electron chi connectivity index (χ0n) is 12.1. The number of nitro benzene ring substituents is 1. The van der Waals surface area contributed by atoms with E-state index in [0.29, 0.717) is 12.0 Å². The third kappa shape index (κ3) is 3.15. The first-order valence-corrected chi connectivity index (χ1v) is 6.96. The summed E-state index contributed by atoms with van der Waals surface area (Å²) in [4.78, 5) is 24.4. The monoisotopic (exact) mass is 276 g/mol. The first-order valence-electron chi connectivity index (χ1n) is 6.96. The van der Waals surface area contributed by atoms with E-state index in [1.807, 2.05) is 0 Å². The van der Waals surface area contributed by atoms with Crippen LogP contribution in [0, 0.1) is 16.0 Å². The number of ketones is 1. The number of carbonyl (C=O) groups excluding carboxylic acids is 1. The van der Waals surface area contributed by atoms with E-state index < -0.39 is 4.92 Å². The smallest absolute Gasteiger partial charge is 0.280 e. The van der Waals surface area contributed by atoms with Crippen LogP contribution in [0.3, 0.4) is 0 Å². The lowest BCUT2D eigenvalue weighted by Crippen LogP contribution is -2.29. The van der Waals surface area contributed by atoms with Crippen LogP contribution in [0.4, 0.5) is 11.4 Å². The summed E-state index contributed by atoms with van der Waals surface area (Å²) in [5, 5.41) is 11.0. The number of nitrogens with zero attached hydrogens (tertiary/aromatic N) is 2. The van der Waals surface area contributed by atoms with Crippen LogP contribution in [-0.4, -0.2) is 23.3 Å². The average Bonchev–Trinajstić information content (AvgIpc) is 3.19. The Labute approximate surface area is 118 Å². The molecule has 1 aromatic rings. The maximum atomic E-state index is 11.6. The molecule has 0 aromatic heterocycles. The van der Waals surface area contributed by atoms with Crippen molar-refractivity contribution >= 4 is 17.2 Å². The van der Waals surface area contributed by atoms with Gasteiger partial charge in [-0.2, -0.15) is 0 Å². The fourth-order valence-corrected chi connectivity index (χ4v) is 2.39. The molecule has 0 radical (unpaired) electrons. The summed E-state index contributed by atoms with van der Waals surface area (Å²) >= 11 is 0. The van der Waals surface area contributed by atoms with Crippen molar-refractivity contribution in [1.82, 2.24) is 0 Å². The van der Waals surface area contributed by atoms with Gasteiger partial charge in [-0.1, -0.05) is 13.8 Å². The minimum Gasteiger partial charge on any atom is -0.368 e. The second kappa shape index (κ2) is 5.61. The van der Waals surface area contributed by atoms with Gasteiger partial charge in [0.1, 0.15) is 0 Å². The predicted octanol–water partition coefficient (Wildman–Crippen LogP) is 3.42. The van der Waals surface area contributed by atoms with Gasteiger partial charge >= 0.3 is 0 Å². The number of hydrogen-bond donors (Lipinski definition) is 0. The molecule has 2 rings (SSSR count). The van der Waals surface area contributed by atoms with Crippen LogP contribution in [0.15, 0.2) is 18.2 Å². The maximum absolute atomic E-state index is 11.6. The van der Waals surface area contributed by atoms with Gasteiger partial charge in [0, 0.05) is 24.3 Å². The lowest BCUT2D eigenvalue weighted by Gasteiger charge is -2.27. The van der Waals surface area contributed by atoms with Crippen molar-refractivity contribution in [3.05, 3.63) is 33.9 Å². The van der Waals surface area contributed by atoms with Crippen molar-refractivity contribution in [3.63, 3.8) is 0 Å². The third-order valence-corrected chi connectivity index (χ3v) is 3.44.